The molecule has 0 aliphatic heterocycles. The molecule has 2 aromatic rings. The van der Waals surface area contributed by atoms with Crippen LogP contribution in [0.5, 0.6) is 0 Å². The van der Waals surface area contributed by atoms with Gasteiger partial charge in [0.05, 0.1) is 18.1 Å². The zero-order valence-corrected chi connectivity index (χ0v) is 10.9. The molecule has 0 saturated carbocycles. The highest BCUT2D eigenvalue weighted by Crippen LogP contribution is 2.11. The largest absolute Gasteiger partial charge is 0.378 e. The van der Waals surface area contributed by atoms with Crippen LogP contribution in [0.1, 0.15) is 25.5 Å². The van der Waals surface area contributed by atoms with E-state index in [1.165, 1.54) is 4.68 Å². The van der Waals surface area contributed by atoms with E-state index in [1.54, 1.807) is 18.6 Å². The highest BCUT2D eigenvalue weighted by molar-refractivity contribution is 5.38. The van der Waals surface area contributed by atoms with E-state index in [9.17, 15) is 8.78 Å². The maximum absolute atomic E-state index is 12.2. The minimum Gasteiger partial charge on any atom is -0.378 e. The molecular weight excluding hydrogens is 252 g/mol. The van der Waals surface area contributed by atoms with Crippen LogP contribution in [0.3, 0.4) is 0 Å². The first-order valence-corrected chi connectivity index (χ1v) is 6.12. The lowest BCUT2D eigenvalue weighted by molar-refractivity contribution is 0.122. The van der Waals surface area contributed by atoms with E-state index in [0.29, 0.717) is 12.6 Å². The maximum atomic E-state index is 12.2. The van der Waals surface area contributed by atoms with Crippen molar-refractivity contribution in [2.24, 2.45) is 0 Å². The number of aromatic nitrogens is 4. The molecule has 2 aromatic heterocycles. The smallest absolute Gasteiger partial charge is 0.257 e. The molecule has 0 bridgehead atoms. The molecule has 0 aliphatic carbocycles. The topological polar surface area (TPSA) is 47.7 Å². The minimum absolute atomic E-state index is 0.310. The standard InChI is InChI=1S/C12H17F2N5/c1-9(2)19-7-11(5-17-19)15-3-10-4-16-18(6-10)8-12(13)14/h4-7,9,12,15H,3,8H2,1-2H3. The van der Waals surface area contributed by atoms with Gasteiger partial charge >= 0.3 is 0 Å². The summed E-state index contributed by atoms with van der Waals surface area (Å²) in [5, 5.41) is 11.3. The Hall–Kier alpha value is -1.92. The molecule has 0 fully saturated rings. The van der Waals surface area contributed by atoms with Crippen molar-refractivity contribution in [3.8, 4) is 0 Å². The Labute approximate surface area is 110 Å². The fourth-order valence-corrected chi connectivity index (χ4v) is 1.65. The van der Waals surface area contributed by atoms with Gasteiger partial charge in [-0.15, -0.1) is 0 Å². The van der Waals surface area contributed by atoms with Gasteiger partial charge in [0.2, 0.25) is 0 Å². The van der Waals surface area contributed by atoms with Crippen molar-refractivity contribution in [2.45, 2.75) is 39.4 Å². The Bertz CT molecular complexity index is 518. The lowest BCUT2D eigenvalue weighted by Gasteiger charge is -2.03. The third kappa shape index (κ3) is 3.77. The number of hydrogen-bond donors (Lipinski definition) is 1. The first-order chi connectivity index (χ1) is 9.04. The molecule has 1 N–H and O–H groups in total. The summed E-state index contributed by atoms with van der Waals surface area (Å²) in [5.74, 6) is 0. The maximum Gasteiger partial charge on any atom is 0.257 e. The Morgan fingerprint density at radius 2 is 2.00 bits per heavy atom. The van der Waals surface area contributed by atoms with Gasteiger partial charge < -0.3 is 5.32 Å². The van der Waals surface area contributed by atoms with Gasteiger partial charge in [-0.2, -0.15) is 10.2 Å². The first kappa shape index (κ1) is 13.5. The van der Waals surface area contributed by atoms with E-state index in [4.69, 9.17) is 0 Å². The normalized spacial score (nSPS) is 11.5. The number of anilines is 1. The third-order valence-electron chi connectivity index (χ3n) is 2.64. The van der Waals surface area contributed by atoms with Crippen molar-refractivity contribution in [1.82, 2.24) is 19.6 Å². The molecule has 0 aromatic carbocycles. The number of halogens is 2. The lowest BCUT2D eigenvalue weighted by Crippen LogP contribution is -2.06. The van der Waals surface area contributed by atoms with Crippen molar-refractivity contribution in [2.75, 3.05) is 5.32 Å². The zero-order valence-electron chi connectivity index (χ0n) is 10.9. The number of nitrogens with zero attached hydrogens (tertiary/aromatic N) is 4. The number of hydrogen-bond acceptors (Lipinski definition) is 3. The predicted octanol–water partition coefficient (Wildman–Crippen LogP) is 2.54. The average Bonchev–Trinajstić information content (AvgIpc) is 2.94. The molecule has 0 aliphatic rings. The van der Waals surface area contributed by atoms with E-state index in [-0.39, 0.29) is 6.54 Å². The Morgan fingerprint density at radius 1 is 1.21 bits per heavy atom. The van der Waals surface area contributed by atoms with Crippen LogP contribution in [0.4, 0.5) is 14.5 Å². The summed E-state index contributed by atoms with van der Waals surface area (Å²) in [7, 11) is 0. The second-order valence-corrected chi connectivity index (χ2v) is 4.62. The molecular formula is C12H17F2N5. The Kier molecular flexibility index (Phi) is 4.13. The SMILES string of the molecule is CC(C)n1cc(NCc2cnn(CC(F)F)c2)cn1. The highest BCUT2D eigenvalue weighted by Gasteiger charge is 2.06. The molecule has 0 amide bonds. The molecule has 19 heavy (non-hydrogen) atoms. The van der Waals surface area contributed by atoms with Gasteiger partial charge in [-0.3, -0.25) is 9.36 Å². The summed E-state index contributed by atoms with van der Waals surface area (Å²) < 4.78 is 27.4. The minimum atomic E-state index is -2.38. The summed E-state index contributed by atoms with van der Waals surface area (Å²) in [4.78, 5) is 0. The molecule has 0 atom stereocenters. The predicted molar refractivity (Wildman–Crippen MR) is 68.2 cm³/mol. The fraction of sp³-hybridized carbons (Fsp3) is 0.500. The molecule has 104 valence electrons. The summed E-state index contributed by atoms with van der Waals surface area (Å²) in [6.45, 7) is 4.26. The quantitative estimate of drug-likeness (QED) is 0.876. The van der Waals surface area contributed by atoms with Gasteiger partial charge in [-0.25, -0.2) is 8.78 Å². The van der Waals surface area contributed by atoms with Crippen LogP contribution in [0.2, 0.25) is 0 Å². The van der Waals surface area contributed by atoms with Crippen molar-refractivity contribution in [3.63, 3.8) is 0 Å². The van der Waals surface area contributed by atoms with Crippen molar-refractivity contribution in [3.05, 3.63) is 30.4 Å². The van der Waals surface area contributed by atoms with Crippen LogP contribution in [-0.2, 0) is 13.1 Å². The van der Waals surface area contributed by atoms with E-state index < -0.39 is 6.43 Å². The van der Waals surface area contributed by atoms with Gasteiger partial charge in [0.25, 0.3) is 6.43 Å². The monoisotopic (exact) mass is 269 g/mol. The summed E-state index contributed by atoms with van der Waals surface area (Å²) in [6, 6.07) is 0.310. The van der Waals surface area contributed by atoms with Crippen LogP contribution in [0, 0.1) is 0 Å². The number of alkyl halides is 2. The van der Waals surface area contributed by atoms with Crippen LogP contribution >= 0.6 is 0 Å². The molecule has 0 saturated heterocycles. The lowest BCUT2D eigenvalue weighted by atomic mass is 10.3. The fourth-order valence-electron chi connectivity index (χ4n) is 1.65. The number of nitrogens with one attached hydrogen (secondary N) is 1. The molecule has 0 spiro atoms. The average molecular weight is 269 g/mol. The van der Waals surface area contributed by atoms with Crippen LogP contribution in [0.15, 0.2) is 24.8 Å². The Morgan fingerprint density at radius 3 is 2.63 bits per heavy atom. The van der Waals surface area contributed by atoms with Crippen molar-refractivity contribution in [1.29, 1.82) is 0 Å². The van der Waals surface area contributed by atoms with Crippen molar-refractivity contribution >= 4 is 5.69 Å². The Balaban J connectivity index is 1.89. The van der Waals surface area contributed by atoms with E-state index in [1.807, 2.05) is 24.7 Å². The van der Waals surface area contributed by atoms with E-state index in [0.717, 1.165) is 11.3 Å². The molecule has 7 heteroatoms. The van der Waals surface area contributed by atoms with Gasteiger partial charge in [0.15, 0.2) is 0 Å². The second kappa shape index (κ2) is 5.81. The van der Waals surface area contributed by atoms with Gasteiger partial charge in [0, 0.05) is 30.5 Å². The zero-order chi connectivity index (χ0) is 13.8. The molecule has 2 heterocycles. The van der Waals surface area contributed by atoms with Gasteiger partial charge in [-0.1, -0.05) is 0 Å². The second-order valence-electron chi connectivity index (χ2n) is 4.62. The van der Waals surface area contributed by atoms with Crippen LogP contribution in [0.25, 0.3) is 0 Å². The van der Waals surface area contributed by atoms with Crippen LogP contribution < -0.4 is 5.32 Å². The summed E-state index contributed by atoms with van der Waals surface area (Å²) in [6.07, 6.45) is 4.47. The highest BCUT2D eigenvalue weighted by atomic mass is 19.3. The van der Waals surface area contributed by atoms with Gasteiger partial charge in [-0.05, 0) is 13.8 Å². The van der Waals surface area contributed by atoms with E-state index >= 15 is 0 Å². The van der Waals surface area contributed by atoms with Crippen molar-refractivity contribution < 1.29 is 8.78 Å². The summed E-state index contributed by atoms with van der Waals surface area (Å²) in [5.41, 5.74) is 1.76. The molecule has 0 radical (unpaired) electrons. The summed E-state index contributed by atoms with van der Waals surface area (Å²) >= 11 is 0. The molecule has 5 nitrogen and oxygen atoms in total. The van der Waals surface area contributed by atoms with Crippen LogP contribution in [-0.4, -0.2) is 26.0 Å². The number of rotatable bonds is 6. The first-order valence-electron chi connectivity index (χ1n) is 6.12. The van der Waals surface area contributed by atoms with Gasteiger partial charge in [0.1, 0.15) is 6.54 Å². The third-order valence-corrected chi connectivity index (χ3v) is 2.64. The molecule has 0 unspecified atom stereocenters. The van der Waals surface area contributed by atoms with E-state index in [2.05, 4.69) is 15.5 Å². The molecule has 2 rings (SSSR count).